The highest BCUT2D eigenvalue weighted by atomic mass is 79.9. The van der Waals surface area contributed by atoms with Crippen molar-refractivity contribution in [2.45, 2.75) is 47.5 Å². The zero-order valence-corrected chi connectivity index (χ0v) is 19.3. The highest BCUT2D eigenvalue weighted by Crippen LogP contribution is 2.37. The summed E-state index contributed by atoms with van der Waals surface area (Å²) in [6.45, 7) is 12.3. The second-order valence-corrected chi connectivity index (χ2v) is 9.03. The minimum absolute atomic E-state index is 0.158. The third kappa shape index (κ3) is 3.32. The van der Waals surface area contributed by atoms with E-state index in [1.54, 1.807) is 0 Å². The molecule has 6 heteroatoms. The van der Waals surface area contributed by atoms with Crippen molar-refractivity contribution in [2.75, 3.05) is 18.0 Å². The standard InChI is InChI=1S/C23H26BrN5/c1-13-10-19(24)11-14(2)21(13)29-16(4)15(3)20-22(26-17(5)27-23(20)29)28-8-6-18(12-25)7-9-28/h10-11,18H,6-9H2,1-5H3. The summed E-state index contributed by atoms with van der Waals surface area (Å²) >= 11 is 3.61. The maximum Gasteiger partial charge on any atom is 0.150 e. The molecule has 0 unspecified atom stereocenters. The Labute approximate surface area is 180 Å². The first-order valence-electron chi connectivity index (χ1n) is 10.1. The molecule has 1 aliphatic rings. The van der Waals surface area contributed by atoms with Gasteiger partial charge in [-0.25, -0.2) is 9.97 Å². The van der Waals surface area contributed by atoms with Gasteiger partial charge in [0.05, 0.1) is 17.1 Å². The molecule has 1 aliphatic heterocycles. The Balaban J connectivity index is 1.95. The number of aromatic nitrogens is 3. The summed E-state index contributed by atoms with van der Waals surface area (Å²) in [5, 5.41) is 10.4. The van der Waals surface area contributed by atoms with Crippen LogP contribution in [0.5, 0.6) is 0 Å². The number of hydrogen-bond donors (Lipinski definition) is 0. The summed E-state index contributed by atoms with van der Waals surface area (Å²) in [6.07, 6.45) is 1.79. The number of hydrogen-bond acceptors (Lipinski definition) is 4. The Morgan fingerprint density at radius 3 is 2.24 bits per heavy atom. The van der Waals surface area contributed by atoms with Gasteiger partial charge in [0.1, 0.15) is 11.6 Å². The highest BCUT2D eigenvalue weighted by molar-refractivity contribution is 9.10. The molecule has 3 heterocycles. The van der Waals surface area contributed by atoms with Crippen molar-refractivity contribution in [2.24, 2.45) is 5.92 Å². The van der Waals surface area contributed by atoms with Gasteiger partial charge in [-0.3, -0.25) is 4.57 Å². The molecule has 150 valence electrons. The number of aryl methyl sites for hydroxylation is 4. The lowest BCUT2D eigenvalue weighted by atomic mass is 9.98. The van der Waals surface area contributed by atoms with Crippen LogP contribution in [-0.2, 0) is 0 Å². The summed E-state index contributed by atoms with van der Waals surface area (Å²) in [5.41, 5.74) is 7.00. The maximum atomic E-state index is 9.24. The fourth-order valence-corrected chi connectivity index (χ4v) is 5.21. The van der Waals surface area contributed by atoms with Crippen LogP contribution < -0.4 is 4.90 Å². The van der Waals surface area contributed by atoms with E-state index in [0.717, 1.165) is 53.1 Å². The summed E-state index contributed by atoms with van der Waals surface area (Å²) in [7, 11) is 0. The minimum atomic E-state index is 0.158. The topological polar surface area (TPSA) is 57.7 Å². The Morgan fingerprint density at radius 1 is 1.03 bits per heavy atom. The number of anilines is 1. The molecule has 4 rings (SSSR count). The number of nitrogens with zero attached hydrogens (tertiary/aromatic N) is 5. The van der Waals surface area contributed by atoms with E-state index in [1.165, 1.54) is 28.1 Å². The Morgan fingerprint density at radius 2 is 1.66 bits per heavy atom. The second-order valence-electron chi connectivity index (χ2n) is 8.12. The van der Waals surface area contributed by atoms with E-state index in [-0.39, 0.29) is 5.92 Å². The van der Waals surface area contributed by atoms with Gasteiger partial charge in [0.15, 0.2) is 5.65 Å². The van der Waals surface area contributed by atoms with Gasteiger partial charge in [0, 0.05) is 29.2 Å². The van der Waals surface area contributed by atoms with Gasteiger partial charge in [-0.15, -0.1) is 0 Å². The molecule has 1 aromatic carbocycles. The molecule has 3 aromatic rings. The fraction of sp³-hybridized carbons (Fsp3) is 0.435. The van der Waals surface area contributed by atoms with Crippen LogP contribution in [0.25, 0.3) is 16.7 Å². The third-order valence-corrected chi connectivity index (χ3v) is 6.56. The third-order valence-electron chi connectivity index (χ3n) is 6.10. The minimum Gasteiger partial charge on any atom is -0.356 e. The molecule has 0 amide bonds. The van der Waals surface area contributed by atoms with Gasteiger partial charge >= 0.3 is 0 Å². The first kappa shape index (κ1) is 19.9. The number of benzene rings is 1. The molecule has 0 N–H and O–H groups in total. The molecular weight excluding hydrogens is 426 g/mol. The van der Waals surface area contributed by atoms with Crippen LogP contribution in [0.3, 0.4) is 0 Å². The zero-order valence-electron chi connectivity index (χ0n) is 17.7. The molecule has 2 aromatic heterocycles. The summed E-state index contributed by atoms with van der Waals surface area (Å²) < 4.78 is 3.39. The van der Waals surface area contributed by atoms with Gasteiger partial charge < -0.3 is 4.90 Å². The normalized spacial score (nSPS) is 15.1. The maximum absolute atomic E-state index is 9.24. The predicted octanol–water partition coefficient (Wildman–Crippen LogP) is 5.47. The number of fused-ring (bicyclic) bond motifs is 1. The first-order valence-corrected chi connectivity index (χ1v) is 10.9. The molecule has 0 radical (unpaired) electrons. The van der Waals surface area contributed by atoms with Crippen molar-refractivity contribution in [3.8, 4) is 11.8 Å². The van der Waals surface area contributed by atoms with Gasteiger partial charge in [0.25, 0.3) is 0 Å². The first-order chi connectivity index (χ1) is 13.8. The van der Waals surface area contributed by atoms with E-state index in [9.17, 15) is 5.26 Å². The summed E-state index contributed by atoms with van der Waals surface area (Å²) in [5.74, 6) is 1.95. The van der Waals surface area contributed by atoms with Crippen molar-refractivity contribution >= 4 is 32.8 Å². The molecular formula is C23H26BrN5. The van der Waals surface area contributed by atoms with E-state index >= 15 is 0 Å². The van der Waals surface area contributed by atoms with Crippen molar-refractivity contribution in [1.82, 2.24) is 14.5 Å². The average molecular weight is 452 g/mol. The van der Waals surface area contributed by atoms with Crippen LogP contribution in [0, 0.1) is 51.9 Å². The van der Waals surface area contributed by atoms with Crippen molar-refractivity contribution < 1.29 is 0 Å². The highest BCUT2D eigenvalue weighted by Gasteiger charge is 2.26. The van der Waals surface area contributed by atoms with E-state index in [1.807, 2.05) is 6.92 Å². The van der Waals surface area contributed by atoms with E-state index in [0.29, 0.717) is 0 Å². The zero-order chi connectivity index (χ0) is 20.9. The molecule has 0 saturated carbocycles. The van der Waals surface area contributed by atoms with Crippen LogP contribution in [0.15, 0.2) is 16.6 Å². The summed E-state index contributed by atoms with van der Waals surface area (Å²) in [6, 6.07) is 6.73. The quantitative estimate of drug-likeness (QED) is 0.518. The van der Waals surface area contributed by atoms with Crippen LogP contribution in [0.4, 0.5) is 5.82 Å². The fourth-order valence-electron chi connectivity index (χ4n) is 4.53. The van der Waals surface area contributed by atoms with E-state index in [2.05, 4.69) is 71.3 Å². The van der Waals surface area contributed by atoms with E-state index in [4.69, 9.17) is 9.97 Å². The van der Waals surface area contributed by atoms with Crippen molar-refractivity contribution in [3.63, 3.8) is 0 Å². The van der Waals surface area contributed by atoms with Crippen LogP contribution in [0.2, 0.25) is 0 Å². The molecule has 0 bridgehead atoms. The van der Waals surface area contributed by atoms with Gasteiger partial charge in [-0.2, -0.15) is 5.26 Å². The van der Waals surface area contributed by atoms with Crippen LogP contribution in [-0.4, -0.2) is 27.6 Å². The molecule has 0 spiro atoms. The SMILES string of the molecule is Cc1nc(N2CCC(C#N)CC2)c2c(C)c(C)n(-c3c(C)cc(Br)cc3C)c2n1. The largest absolute Gasteiger partial charge is 0.356 e. The molecule has 1 saturated heterocycles. The Bertz CT molecular complexity index is 1120. The summed E-state index contributed by atoms with van der Waals surface area (Å²) in [4.78, 5) is 12.1. The number of rotatable bonds is 2. The van der Waals surface area contributed by atoms with Gasteiger partial charge in [-0.05, 0) is 76.3 Å². The Kier molecular flexibility index (Phi) is 5.12. The van der Waals surface area contributed by atoms with Crippen LogP contribution in [0.1, 0.15) is 41.1 Å². The number of halogens is 1. The van der Waals surface area contributed by atoms with Crippen molar-refractivity contribution in [3.05, 3.63) is 44.8 Å². The van der Waals surface area contributed by atoms with Crippen LogP contribution >= 0.6 is 15.9 Å². The van der Waals surface area contributed by atoms with E-state index < -0.39 is 0 Å². The number of nitriles is 1. The molecule has 0 atom stereocenters. The van der Waals surface area contributed by atoms with Gasteiger partial charge in [-0.1, -0.05) is 15.9 Å². The molecule has 29 heavy (non-hydrogen) atoms. The predicted molar refractivity (Wildman–Crippen MR) is 121 cm³/mol. The van der Waals surface area contributed by atoms with Gasteiger partial charge in [0.2, 0.25) is 0 Å². The smallest absolute Gasteiger partial charge is 0.150 e. The monoisotopic (exact) mass is 451 g/mol. The average Bonchev–Trinajstić information content (AvgIpc) is 2.92. The number of piperidine rings is 1. The van der Waals surface area contributed by atoms with Crippen molar-refractivity contribution in [1.29, 1.82) is 5.26 Å². The molecule has 5 nitrogen and oxygen atoms in total. The lowest BCUT2D eigenvalue weighted by molar-refractivity contribution is 0.485. The lowest BCUT2D eigenvalue weighted by Gasteiger charge is -2.30. The second kappa shape index (κ2) is 7.46. The lowest BCUT2D eigenvalue weighted by Crippen LogP contribution is -2.34. The Hall–Kier alpha value is -2.39. The molecule has 0 aliphatic carbocycles. The molecule has 1 fully saturated rings.